The molecule has 0 aromatic heterocycles. The number of carbonyl (C=O) groups is 2. The lowest BCUT2D eigenvalue weighted by atomic mass is 10.0. The summed E-state index contributed by atoms with van der Waals surface area (Å²) in [5.74, 6) is -0.577. The number of hydrogen-bond acceptors (Lipinski definition) is 4. The van der Waals surface area contributed by atoms with E-state index in [1.54, 1.807) is 48.5 Å². The Bertz CT molecular complexity index is 1270. The van der Waals surface area contributed by atoms with Gasteiger partial charge in [0.05, 0.1) is 5.75 Å². The Labute approximate surface area is 175 Å². The van der Waals surface area contributed by atoms with Crippen LogP contribution in [-0.2, 0) is 22.3 Å². The van der Waals surface area contributed by atoms with Crippen molar-refractivity contribution in [2.45, 2.75) is 12.3 Å². The van der Waals surface area contributed by atoms with Crippen LogP contribution in [0.5, 0.6) is 0 Å². The van der Waals surface area contributed by atoms with Gasteiger partial charge in [-0.05, 0) is 41.4 Å². The third-order valence-electron chi connectivity index (χ3n) is 5.20. The van der Waals surface area contributed by atoms with Gasteiger partial charge in [0, 0.05) is 23.2 Å². The molecule has 2 N–H and O–H groups in total. The summed E-state index contributed by atoms with van der Waals surface area (Å²) in [4.78, 5) is 25.4. The van der Waals surface area contributed by atoms with Crippen molar-refractivity contribution in [2.75, 3.05) is 7.05 Å². The first-order chi connectivity index (χ1) is 14.4. The molecule has 0 aliphatic heterocycles. The maximum atomic E-state index is 12.7. The van der Waals surface area contributed by atoms with Crippen LogP contribution >= 0.6 is 0 Å². The number of amides is 1. The minimum atomic E-state index is -3.43. The van der Waals surface area contributed by atoms with Gasteiger partial charge in [0.15, 0.2) is 5.78 Å². The minimum absolute atomic E-state index is 0.0853. The van der Waals surface area contributed by atoms with E-state index in [0.717, 1.165) is 11.1 Å². The predicted octanol–water partition coefficient (Wildman–Crippen LogP) is 2.88. The first kappa shape index (κ1) is 20.0. The van der Waals surface area contributed by atoms with Crippen LogP contribution in [0.25, 0.3) is 11.1 Å². The van der Waals surface area contributed by atoms with Gasteiger partial charge in [-0.2, -0.15) is 0 Å². The van der Waals surface area contributed by atoms with Crippen molar-refractivity contribution in [3.63, 3.8) is 0 Å². The number of carbonyl (C=O) groups excluding carboxylic acids is 2. The quantitative estimate of drug-likeness (QED) is 0.502. The molecule has 30 heavy (non-hydrogen) atoms. The first-order valence-corrected chi connectivity index (χ1v) is 11.1. The van der Waals surface area contributed by atoms with Crippen LogP contribution in [0.2, 0.25) is 0 Å². The summed E-state index contributed by atoms with van der Waals surface area (Å²) < 4.78 is 26.1. The molecule has 0 radical (unpaired) electrons. The molecule has 152 valence electrons. The molecule has 0 heterocycles. The summed E-state index contributed by atoms with van der Waals surface area (Å²) in [7, 11) is -2.06. The molecular weight excluding hydrogens is 400 g/mol. The van der Waals surface area contributed by atoms with E-state index >= 15 is 0 Å². The van der Waals surface area contributed by atoms with E-state index in [9.17, 15) is 18.0 Å². The summed E-state index contributed by atoms with van der Waals surface area (Å²) in [5, 5.41) is 2.82. The SMILES string of the molecule is CNS(=O)(=O)Cc1ccccc1CNC(=O)c1ccc2c(c1)C(=O)c1ccccc1-2. The zero-order valence-electron chi connectivity index (χ0n) is 16.3. The van der Waals surface area contributed by atoms with Gasteiger partial charge in [0.1, 0.15) is 0 Å². The second-order valence-corrected chi connectivity index (χ2v) is 8.98. The van der Waals surface area contributed by atoms with Crippen LogP contribution in [0.4, 0.5) is 0 Å². The Morgan fingerprint density at radius 1 is 0.833 bits per heavy atom. The van der Waals surface area contributed by atoms with Gasteiger partial charge < -0.3 is 5.32 Å². The summed E-state index contributed by atoms with van der Waals surface area (Å²) in [6.07, 6.45) is 0. The van der Waals surface area contributed by atoms with Crippen molar-refractivity contribution in [3.8, 4) is 11.1 Å². The van der Waals surface area contributed by atoms with Crippen molar-refractivity contribution in [2.24, 2.45) is 0 Å². The molecule has 0 unspecified atom stereocenters. The maximum absolute atomic E-state index is 12.7. The molecule has 1 aliphatic carbocycles. The van der Waals surface area contributed by atoms with Gasteiger partial charge >= 0.3 is 0 Å². The third kappa shape index (κ3) is 3.77. The fourth-order valence-corrected chi connectivity index (χ4v) is 4.43. The average Bonchev–Trinajstić information content (AvgIpc) is 3.04. The molecule has 0 saturated heterocycles. The topological polar surface area (TPSA) is 92.3 Å². The highest BCUT2D eigenvalue weighted by atomic mass is 32.2. The van der Waals surface area contributed by atoms with Crippen LogP contribution in [0.3, 0.4) is 0 Å². The normalized spacial score (nSPS) is 12.4. The first-order valence-electron chi connectivity index (χ1n) is 9.44. The fraction of sp³-hybridized carbons (Fsp3) is 0.130. The van der Waals surface area contributed by atoms with Gasteiger partial charge in [0.25, 0.3) is 5.91 Å². The standard InChI is InChI=1S/C23H20N2O4S/c1-24-30(28,29)14-17-7-3-2-6-16(17)13-25-23(27)15-10-11-19-18-8-4-5-9-20(18)22(26)21(19)12-15/h2-12,24H,13-14H2,1H3,(H,25,27). The van der Waals surface area contributed by atoms with Crippen molar-refractivity contribution in [3.05, 3.63) is 94.5 Å². The maximum Gasteiger partial charge on any atom is 0.251 e. The van der Waals surface area contributed by atoms with E-state index in [1.807, 2.05) is 18.2 Å². The van der Waals surface area contributed by atoms with Gasteiger partial charge in [-0.25, -0.2) is 13.1 Å². The Kier molecular flexibility index (Phi) is 5.24. The van der Waals surface area contributed by atoms with Crippen LogP contribution in [0.15, 0.2) is 66.7 Å². The largest absolute Gasteiger partial charge is 0.348 e. The lowest BCUT2D eigenvalue weighted by Gasteiger charge is -2.11. The average molecular weight is 420 g/mol. The highest BCUT2D eigenvalue weighted by Crippen LogP contribution is 2.36. The van der Waals surface area contributed by atoms with Crippen LogP contribution in [0, 0.1) is 0 Å². The zero-order valence-corrected chi connectivity index (χ0v) is 17.1. The van der Waals surface area contributed by atoms with Crippen molar-refractivity contribution >= 4 is 21.7 Å². The van der Waals surface area contributed by atoms with Gasteiger partial charge in [-0.3, -0.25) is 9.59 Å². The van der Waals surface area contributed by atoms with Crippen LogP contribution in [-0.4, -0.2) is 27.2 Å². The Morgan fingerprint density at radius 3 is 2.20 bits per heavy atom. The number of fused-ring (bicyclic) bond motifs is 3. The highest BCUT2D eigenvalue weighted by molar-refractivity contribution is 7.88. The molecule has 1 amide bonds. The van der Waals surface area contributed by atoms with Crippen molar-refractivity contribution in [1.82, 2.24) is 10.0 Å². The molecule has 3 aromatic rings. The van der Waals surface area contributed by atoms with E-state index in [-0.39, 0.29) is 24.0 Å². The fourth-order valence-electron chi connectivity index (χ4n) is 3.59. The van der Waals surface area contributed by atoms with Crippen LogP contribution in [0.1, 0.15) is 37.4 Å². The van der Waals surface area contributed by atoms with Gasteiger partial charge in [-0.15, -0.1) is 0 Å². The molecule has 1 aliphatic rings. The number of ketones is 1. The molecule has 0 spiro atoms. The lowest BCUT2D eigenvalue weighted by Crippen LogP contribution is -2.25. The molecule has 0 atom stereocenters. The number of hydrogen-bond donors (Lipinski definition) is 2. The number of sulfonamides is 1. The molecule has 3 aromatic carbocycles. The molecule has 6 nitrogen and oxygen atoms in total. The number of nitrogens with one attached hydrogen (secondary N) is 2. The summed E-state index contributed by atoms with van der Waals surface area (Å²) in [5.41, 5.74) is 4.59. The zero-order chi connectivity index (χ0) is 21.3. The molecule has 7 heteroatoms. The summed E-state index contributed by atoms with van der Waals surface area (Å²) in [6, 6.07) is 19.5. The second-order valence-electron chi connectivity index (χ2n) is 7.05. The van der Waals surface area contributed by atoms with E-state index in [0.29, 0.717) is 27.8 Å². The third-order valence-corrected chi connectivity index (χ3v) is 6.52. The monoisotopic (exact) mass is 420 g/mol. The molecule has 0 saturated carbocycles. The molecular formula is C23H20N2O4S. The van der Waals surface area contributed by atoms with Crippen LogP contribution < -0.4 is 10.0 Å². The Hall–Kier alpha value is -3.29. The Morgan fingerprint density at radius 2 is 1.47 bits per heavy atom. The van der Waals surface area contributed by atoms with E-state index < -0.39 is 10.0 Å². The summed E-state index contributed by atoms with van der Waals surface area (Å²) in [6.45, 7) is 0.180. The predicted molar refractivity (Wildman–Crippen MR) is 115 cm³/mol. The molecule has 0 bridgehead atoms. The lowest BCUT2D eigenvalue weighted by molar-refractivity contribution is 0.0951. The van der Waals surface area contributed by atoms with E-state index in [4.69, 9.17) is 0 Å². The van der Waals surface area contributed by atoms with Crippen molar-refractivity contribution in [1.29, 1.82) is 0 Å². The van der Waals surface area contributed by atoms with E-state index in [1.165, 1.54) is 7.05 Å². The molecule has 0 fully saturated rings. The van der Waals surface area contributed by atoms with Gasteiger partial charge in [-0.1, -0.05) is 54.6 Å². The van der Waals surface area contributed by atoms with Gasteiger partial charge in [0.2, 0.25) is 10.0 Å². The second kappa shape index (κ2) is 7.85. The summed E-state index contributed by atoms with van der Waals surface area (Å²) >= 11 is 0. The number of rotatable bonds is 6. The smallest absolute Gasteiger partial charge is 0.251 e. The van der Waals surface area contributed by atoms with Crippen molar-refractivity contribution < 1.29 is 18.0 Å². The molecule has 4 rings (SSSR count). The highest BCUT2D eigenvalue weighted by Gasteiger charge is 2.27. The Balaban J connectivity index is 1.53. The minimum Gasteiger partial charge on any atom is -0.348 e. The number of benzene rings is 3. The van der Waals surface area contributed by atoms with E-state index in [2.05, 4.69) is 10.0 Å².